The zero-order valence-electron chi connectivity index (χ0n) is 19.9. The number of carbonyl (C=O) groups excluding carboxylic acids is 1. The van der Waals surface area contributed by atoms with Crippen LogP contribution in [0.5, 0.6) is 5.75 Å². The van der Waals surface area contributed by atoms with E-state index in [1.54, 1.807) is 21.2 Å². The van der Waals surface area contributed by atoms with Crippen LogP contribution in [-0.2, 0) is 16.0 Å². The zero-order chi connectivity index (χ0) is 22.6. The summed E-state index contributed by atoms with van der Waals surface area (Å²) in [6.45, 7) is 10.5. The average molecular weight is 550 g/mol. The van der Waals surface area contributed by atoms with E-state index in [-0.39, 0.29) is 30.1 Å². The van der Waals surface area contributed by atoms with Gasteiger partial charge < -0.3 is 29.7 Å². The third-order valence-electron chi connectivity index (χ3n) is 4.09. The number of nitrogens with one attached hydrogen (secondary N) is 2. The lowest BCUT2D eigenvalue weighted by Gasteiger charge is -2.25. The lowest BCUT2D eigenvalue weighted by molar-refractivity contribution is 0.0302. The molecule has 178 valence electrons. The number of halogens is 1. The number of guanidine groups is 1. The number of aryl methyl sites for hydroxylation is 1. The molecule has 0 fully saturated rings. The highest BCUT2D eigenvalue weighted by Gasteiger charge is 2.19. The van der Waals surface area contributed by atoms with Gasteiger partial charge in [0.15, 0.2) is 5.96 Å². The van der Waals surface area contributed by atoms with E-state index in [1.165, 1.54) is 4.90 Å². The first-order chi connectivity index (χ1) is 14.2. The van der Waals surface area contributed by atoms with Crippen molar-refractivity contribution in [3.05, 3.63) is 29.3 Å². The minimum Gasteiger partial charge on any atom is -0.493 e. The maximum atomic E-state index is 12.0. The number of hydrogen-bond donors (Lipinski definition) is 2. The molecule has 0 bridgehead atoms. The van der Waals surface area contributed by atoms with Crippen molar-refractivity contribution in [2.45, 2.75) is 46.3 Å². The van der Waals surface area contributed by atoms with Gasteiger partial charge in [-0.3, -0.25) is 4.99 Å². The van der Waals surface area contributed by atoms with Crippen LogP contribution in [0.3, 0.4) is 0 Å². The largest absolute Gasteiger partial charge is 0.493 e. The van der Waals surface area contributed by atoms with E-state index in [0.29, 0.717) is 38.8 Å². The van der Waals surface area contributed by atoms with Crippen molar-refractivity contribution >= 4 is 36.0 Å². The van der Waals surface area contributed by atoms with Gasteiger partial charge in [-0.25, -0.2) is 4.79 Å². The molecule has 0 atom stereocenters. The summed E-state index contributed by atoms with van der Waals surface area (Å²) in [7, 11) is 5.11. The van der Waals surface area contributed by atoms with Crippen LogP contribution in [0.2, 0.25) is 0 Å². The molecule has 0 aliphatic carbocycles. The van der Waals surface area contributed by atoms with Gasteiger partial charge in [0.25, 0.3) is 0 Å². The molecule has 31 heavy (non-hydrogen) atoms. The number of ether oxygens (including phenoxy) is 3. The van der Waals surface area contributed by atoms with Crippen molar-refractivity contribution < 1.29 is 19.0 Å². The van der Waals surface area contributed by atoms with E-state index in [0.717, 1.165) is 23.3 Å². The summed E-state index contributed by atoms with van der Waals surface area (Å²) in [5.74, 6) is 1.51. The lowest BCUT2D eigenvalue weighted by Crippen LogP contribution is -2.42. The third-order valence-corrected chi connectivity index (χ3v) is 4.09. The zero-order valence-corrected chi connectivity index (χ0v) is 22.2. The quantitative estimate of drug-likeness (QED) is 0.201. The second-order valence-electron chi connectivity index (χ2n) is 8.06. The Morgan fingerprint density at radius 1 is 1.19 bits per heavy atom. The van der Waals surface area contributed by atoms with Crippen molar-refractivity contribution in [3.8, 4) is 5.75 Å². The number of likely N-dealkylation sites (N-methyl/N-ethyl adjacent to an activating group) is 1. The molecule has 8 nitrogen and oxygen atoms in total. The Balaban J connectivity index is 0.00000900. The molecule has 1 amide bonds. The number of carbonyl (C=O) groups is 1. The van der Waals surface area contributed by atoms with Gasteiger partial charge >= 0.3 is 6.09 Å². The molecule has 0 radical (unpaired) electrons. The lowest BCUT2D eigenvalue weighted by atomic mass is 10.1. The third kappa shape index (κ3) is 12.6. The van der Waals surface area contributed by atoms with E-state index < -0.39 is 5.60 Å². The Morgan fingerprint density at radius 2 is 1.90 bits per heavy atom. The number of rotatable bonds is 10. The van der Waals surface area contributed by atoms with Gasteiger partial charge in [-0.1, -0.05) is 12.1 Å². The second-order valence-corrected chi connectivity index (χ2v) is 8.06. The monoisotopic (exact) mass is 550 g/mol. The van der Waals surface area contributed by atoms with Gasteiger partial charge in [-0.05, 0) is 39.3 Å². The first-order valence-corrected chi connectivity index (χ1v) is 10.3. The summed E-state index contributed by atoms with van der Waals surface area (Å²) < 4.78 is 16.3. The molecular formula is C22H39IN4O4. The van der Waals surface area contributed by atoms with E-state index in [4.69, 9.17) is 14.2 Å². The fourth-order valence-corrected chi connectivity index (χ4v) is 2.50. The number of amides is 1. The van der Waals surface area contributed by atoms with Crippen molar-refractivity contribution in [1.82, 2.24) is 15.5 Å². The second kappa shape index (κ2) is 15.1. The maximum Gasteiger partial charge on any atom is 0.410 e. The molecule has 0 spiro atoms. The predicted molar refractivity (Wildman–Crippen MR) is 136 cm³/mol. The Hall–Kier alpha value is -1.75. The van der Waals surface area contributed by atoms with Crippen LogP contribution >= 0.6 is 24.0 Å². The number of methoxy groups -OCH3 is 1. The summed E-state index contributed by atoms with van der Waals surface area (Å²) in [5.41, 5.74) is 1.69. The standard InChI is InChI=1S/C22H38N4O4.HI/c1-17-9-10-18(19(15-17)29-14-8-13-28-7)16-25-20(23-5)24-11-12-26(6)21(27)30-22(2,3)4;/h9-10,15H,8,11-14,16H2,1-7H3,(H2,23,24,25);1H. The van der Waals surface area contributed by atoms with Crippen LogP contribution in [-0.4, -0.2) is 70.1 Å². The molecule has 2 N–H and O–H groups in total. The Labute approximate surface area is 204 Å². The summed E-state index contributed by atoms with van der Waals surface area (Å²) in [4.78, 5) is 17.8. The molecular weight excluding hydrogens is 511 g/mol. The van der Waals surface area contributed by atoms with Crippen LogP contribution in [0, 0.1) is 6.92 Å². The first-order valence-electron chi connectivity index (χ1n) is 10.3. The van der Waals surface area contributed by atoms with Gasteiger partial charge in [0, 0.05) is 59.4 Å². The summed E-state index contributed by atoms with van der Waals surface area (Å²) in [5, 5.41) is 6.50. The Bertz CT molecular complexity index is 693. The van der Waals surface area contributed by atoms with Gasteiger partial charge in [-0.2, -0.15) is 0 Å². The number of hydrogen-bond acceptors (Lipinski definition) is 5. The van der Waals surface area contributed by atoms with Crippen molar-refractivity contribution in [2.24, 2.45) is 4.99 Å². The van der Waals surface area contributed by atoms with Gasteiger partial charge in [0.1, 0.15) is 11.4 Å². The molecule has 1 rings (SSSR count). The highest BCUT2D eigenvalue weighted by atomic mass is 127. The van der Waals surface area contributed by atoms with Gasteiger partial charge in [0.05, 0.1) is 6.61 Å². The minimum absolute atomic E-state index is 0. The minimum atomic E-state index is -0.506. The fourth-order valence-electron chi connectivity index (χ4n) is 2.50. The molecule has 0 aromatic heterocycles. The highest BCUT2D eigenvalue weighted by Crippen LogP contribution is 2.20. The van der Waals surface area contributed by atoms with E-state index in [9.17, 15) is 4.79 Å². The van der Waals surface area contributed by atoms with Crippen LogP contribution in [0.25, 0.3) is 0 Å². The van der Waals surface area contributed by atoms with E-state index in [1.807, 2.05) is 33.8 Å². The number of aliphatic imine (C=N–C) groups is 1. The first kappa shape index (κ1) is 29.2. The SMILES string of the molecule is CN=C(NCCN(C)C(=O)OC(C)(C)C)NCc1ccc(C)cc1OCCCOC.I. The Morgan fingerprint density at radius 3 is 2.52 bits per heavy atom. The smallest absolute Gasteiger partial charge is 0.410 e. The number of nitrogens with zero attached hydrogens (tertiary/aromatic N) is 2. The van der Waals surface area contributed by atoms with Crippen molar-refractivity contribution in [2.75, 3.05) is 47.5 Å². The molecule has 0 saturated heterocycles. The molecule has 0 aliphatic rings. The highest BCUT2D eigenvalue weighted by molar-refractivity contribution is 14.0. The van der Waals surface area contributed by atoms with Gasteiger partial charge in [0.2, 0.25) is 0 Å². The average Bonchev–Trinajstić information content (AvgIpc) is 2.67. The van der Waals surface area contributed by atoms with Crippen LogP contribution in [0.1, 0.15) is 38.3 Å². The predicted octanol–water partition coefficient (Wildman–Crippen LogP) is 3.56. The normalized spacial score (nSPS) is 11.4. The maximum absolute atomic E-state index is 12.0. The topological polar surface area (TPSA) is 84.4 Å². The van der Waals surface area contributed by atoms with Crippen molar-refractivity contribution in [3.63, 3.8) is 0 Å². The Kier molecular flexibility index (Phi) is 14.3. The van der Waals surface area contributed by atoms with Crippen LogP contribution < -0.4 is 15.4 Å². The molecule has 0 saturated carbocycles. The molecule has 9 heteroatoms. The van der Waals surface area contributed by atoms with Gasteiger partial charge in [-0.15, -0.1) is 24.0 Å². The fraction of sp³-hybridized carbons (Fsp3) is 0.636. The van der Waals surface area contributed by atoms with Crippen LogP contribution in [0.4, 0.5) is 4.79 Å². The molecule has 1 aromatic carbocycles. The molecule has 0 heterocycles. The van der Waals surface area contributed by atoms with Crippen LogP contribution in [0.15, 0.2) is 23.2 Å². The van der Waals surface area contributed by atoms with E-state index in [2.05, 4.69) is 27.8 Å². The molecule has 0 aliphatic heterocycles. The summed E-state index contributed by atoms with van der Waals surface area (Å²) in [6.07, 6.45) is 0.494. The molecule has 1 aromatic rings. The molecule has 0 unspecified atom stereocenters. The number of benzene rings is 1. The van der Waals surface area contributed by atoms with E-state index >= 15 is 0 Å². The van der Waals surface area contributed by atoms with Crippen molar-refractivity contribution in [1.29, 1.82) is 0 Å². The summed E-state index contributed by atoms with van der Waals surface area (Å²) >= 11 is 0. The summed E-state index contributed by atoms with van der Waals surface area (Å²) in [6, 6.07) is 6.15.